The van der Waals surface area contributed by atoms with Crippen LogP contribution in [0, 0.1) is 0 Å². The van der Waals surface area contributed by atoms with E-state index in [1.807, 2.05) is 4.90 Å². The molecule has 0 aliphatic carbocycles. The fourth-order valence-corrected chi connectivity index (χ4v) is 8.38. The largest absolute Gasteiger partial charge is 0.380 e. The Morgan fingerprint density at radius 1 is 0.422 bits per heavy atom. The lowest BCUT2D eigenvalue weighted by Gasteiger charge is -2.29. The number of nitrogens with zero attached hydrogens (tertiary/aromatic N) is 1. The van der Waals surface area contributed by atoms with E-state index in [0.717, 1.165) is 45.3 Å². The fraction of sp³-hybridized carbons (Fsp3) is 0.964. The summed E-state index contributed by atoms with van der Waals surface area (Å²) in [5.41, 5.74) is -0.472. The smallest absolute Gasteiger partial charge is 0.223 e. The van der Waals surface area contributed by atoms with Crippen molar-refractivity contribution < 1.29 is 28.5 Å². The van der Waals surface area contributed by atoms with Gasteiger partial charge in [0.2, 0.25) is 11.8 Å². The maximum Gasteiger partial charge on any atom is 0.223 e. The van der Waals surface area contributed by atoms with Crippen LogP contribution in [0.4, 0.5) is 0 Å². The molecule has 0 rings (SSSR count). The topological polar surface area (TPSA) is 86.3 Å². The van der Waals surface area contributed by atoms with Crippen molar-refractivity contribution >= 4 is 11.8 Å². The molecule has 0 fully saturated rings. The quantitative estimate of drug-likeness (QED) is 0.0612. The Hall–Kier alpha value is -1.22. The van der Waals surface area contributed by atoms with E-state index < -0.39 is 0 Å². The summed E-state index contributed by atoms with van der Waals surface area (Å²) >= 11 is 0. The summed E-state index contributed by atoms with van der Waals surface area (Å²) < 4.78 is 23.6. The molecule has 0 saturated heterocycles. The van der Waals surface area contributed by atoms with E-state index in [1.165, 1.54) is 193 Å². The minimum absolute atomic E-state index is 0.000633. The molecule has 382 valence electrons. The van der Waals surface area contributed by atoms with Gasteiger partial charge >= 0.3 is 0 Å². The van der Waals surface area contributed by atoms with Crippen LogP contribution in [-0.2, 0) is 28.5 Å². The van der Waals surface area contributed by atoms with Gasteiger partial charge in [-0.05, 0) is 59.8 Å². The highest BCUT2D eigenvalue weighted by Gasteiger charge is 2.22. The van der Waals surface area contributed by atoms with Gasteiger partial charge in [-0.2, -0.15) is 0 Å². The zero-order valence-corrected chi connectivity index (χ0v) is 44.2. The molecule has 1 N–H and O–H groups in total. The van der Waals surface area contributed by atoms with Crippen molar-refractivity contribution in [2.24, 2.45) is 0 Å². The molecule has 8 nitrogen and oxygen atoms in total. The summed E-state index contributed by atoms with van der Waals surface area (Å²) in [6.45, 7) is 17.7. The number of hydrogen-bond donors (Lipinski definition) is 1. The molecule has 0 aromatic heterocycles. The standard InChI is InChI=1S/C56H112N2O6/c1-8-10-12-14-16-18-20-22-24-26-28-30-32-34-36-38-48-62-51-46-58(47-52-63-49-39-37-35-33-31-29-27-25-23-21-19-17-15-13-11-9-2)54(60)42-41-53(59)57-45-40-43-56(5,6)64-50-44-55(3,4)61-7/h8-52H2,1-7H3,(H,57,59). The molecule has 2 amide bonds. The summed E-state index contributed by atoms with van der Waals surface area (Å²) in [5.74, 6) is -0.0750. The minimum Gasteiger partial charge on any atom is -0.380 e. The van der Waals surface area contributed by atoms with Crippen molar-refractivity contribution in [2.75, 3.05) is 59.8 Å². The molecule has 0 aromatic carbocycles. The van der Waals surface area contributed by atoms with Crippen molar-refractivity contribution in [3.8, 4) is 0 Å². The highest BCUT2D eigenvalue weighted by Crippen LogP contribution is 2.20. The third kappa shape index (κ3) is 45.9. The average Bonchev–Trinajstić information content (AvgIpc) is 3.27. The van der Waals surface area contributed by atoms with Crippen molar-refractivity contribution in [3.63, 3.8) is 0 Å². The monoisotopic (exact) mass is 909 g/mol. The SMILES string of the molecule is CCCCCCCCCCCCCCCCCCOCCN(CCOCCCCCCCCCCCCCCCCCC)C(=O)CCC(=O)NCCCC(C)(C)OCCC(C)(C)OC. The Labute approximate surface area is 399 Å². The number of methoxy groups -OCH3 is 1. The second-order valence-electron chi connectivity index (χ2n) is 20.5. The Morgan fingerprint density at radius 3 is 1.14 bits per heavy atom. The van der Waals surface area contributed by atoms with Gasteiger partial charge < -0.3 is 29.2 Å². The first-order valence-electron chi connectivity index (χ1n) is 28.0. The van der Waals surface area contributed by atoms with Gasteiger partial charge in [-0.1, -0.05) is 206 Å². The van der Waals surface area contributed by atoms with E-state index in [9.17, 15) is 9.59 Å². The summed E-state index contributed by atoms with van der Waals surface area (Å²) in [5, 5.41) is 3.02. The number of hydrogen-bond acceptors (Lipinski definition) is 6. The molecule has 0 radical (unpaired) electrons. The van der Waals surface area contributed by atoms with Gasteiger partial charge in [-0.3, -0.25) is 9.59 Å². The number of carbonyl (C=O) groups is 2. The van der Waals surface area contributed by atoms with E-state index in [4.69, 9.17) is 18.9 Å². The average molecular weight is 910 g/mol. The zero-order valence-electron chi connectivity index (χ0n) is 44.2. The number of nitrogens with one attached hydrogen (secondary N) is 1. The number of amides is 2. The molecule has 0 heterocycles. The molecule has 0 aliphatic heterocycles. The first kappa shape index (κ1) is 62.8. The van der Waals surface area contributed by atoms with Crippen LogP contribution in [0.3, 0.4) is 0 Å². The van der Waals surface area contributed by atoms with Gasteiger partial charge in [0.1, 0.15) is 0 Å². The van der Waals surface area contributed by atoms with Crippen molar-refractivity contribution in [1.82, 2.24) is 10.2 Å². The van der Waals surface area contributed by atoms with Crippen LogP contribution >= 0.6 is 0 Å². The lowest BCUT2D eigenvalue weighted by molar-refractivity contribution is -0.135. The van der Waals surface area contributed by atoms with Crippen LogP contribution in [0.25, 0.3) is 0 Å². The zero-order chi connectivity index (χ0) is 47.1. The molecular weight excluding hydrogens is 797 g/mol. The highest BCUT2D eigenvalue weighted by molar-refractivity contribution is 5.83. The Balaban J connectivity index is 4.33. The minimum atomic E-state index is -0.271. The lowest BCUT2D eigenvalue weighted by atomic mass is 10.0. The maximum atomic E-state index is 13.4. The summed E-state index contributed by atoms with van der Waals surface area (Å²) in [6.07, 6.45) is 46.3. The summed E-state index contributed by atoms with van der Waals surface area (Å²) in [7, 11) is 1.73. The molecular formula is C56H112N2O6. The molecule has 64 heavy (non-hydrogen) atoms. The summed E-state index contributed by atoms with van der Waals surface area (Å²) in [6, 6.07) is 0. The Kier molecular flexibility index (Phi) is 46.0. The van der Waals surface area contributed by atoms with Gasteiger partial charge in [0.25, 0.3) is 0 Å². The number of rotatable bonds is 52. The fourth-order valence-electron chi connectivity index (χ4n) is 8.38. The molecule has 0 unspecified atom stereocenters. The van der Waals surface area contributed by atoms with Crippen LogP contribution in [0.15, 0.2) is 0 Å². The molecule has 0 atom stereocenters. The summed E-state index contributed by atoms with van der Waals surface area (Å²) in [4.78, 5) is 27.9. The van der Waals surface area contributed by atoms with Crippen LogP contribution in [0.2, 0.25) is 0 Å². The molecule has 8 heteroatoms. The van der Waals surface area contributed by atoms with Gasteiger partial charge in [0, 0.05) is 52.8 Å². The number of carbonyl (C=O) groups excluding carboxylic acids is 2. The first-order chi connectivity index (χ1) is 31.1. The molecule has 0 saturated carbocycles. The van der Waals surface area contributed by atoms with Crippen LogP contribution < -0.4 is 5.32 Å². The second kappa shape index (κ2) is 46.9. The first-order valence-corrected chi connectivity index (χ1v) is 28.0. The van der Waals surface area contributed by atoms with Crippen molar-refractivity contribution in [2.45, 2.75) is 290 Å². The van der Waals surface area contributed by atoms with E-state index >= 15 is 0 Å². The Bertz CT molecular complexity index is 948. The van der Waals surface area contributed by atoms with Crippen LogP contribution in [-0.4, -0.2) is 87.7 Å². The van der Waals surface area contributed by atoms with Crippen molar-refractivity contribution in [3.05, 3.63) is 0 Å². The second-order valence-corrected chi connectivity index (χ2v) is 20.5. The normalized spacial score (nSPS) is 12.0. The van der Waals surface area contributed by atoms with Crippen LogP contribution in [0.5, 0.6) is 0 Å². The highest BCUT2D eigenvalue weighted by atomic mass is 16.5. The Morgan fingerprint density at radius 2 is 0.781 bits per heavy atom. The number of ether oxygens (including phenoxy) is 4. The van der Waals surface area contributed by atoms with Gasteiger partial charge in [-0.15, -0.1) is 0 Å². The van der Waals surface area contributed by atoms with E-state index in [2.05, 4.69) is 46.9 Å². The van der Waals surface area contributed by atoms with Gasteiger partial charge in [0.15, 0.2) is 0 Å². The third-order valence-electron chi connectivity index (χ3n) is 13.2. The molecule has 0 aliphatic rings. The molecule has 0 aromatic rings. The molecule has 0 spiro atoms. The maximum absolute atomic E-state index is 13.4. The lowest BCUT2D eigenvalue weighted by Crippen LogP contribution is -2.37. The predicted molar refractivity (Wildman–Crippen MR) is 275 cm³/mol. The van der Waals surface area contributed by atoms with E-state index in [1.54, 1.807) is 7.11 Å². The van der Waals surface area contributed by atoms with Crippen molar-refractivity contribution in [1.29, 1.82) is 0 Å². The number of unbranched alkanes of at least 4 members (excludes halogenated alkanes) is 30. The van der Waals surface area contributed by atoms with Gasteiger partial charge in [-0.25, -0.2) is 0 Å². The van der Waals surface area contributed by atoms with Gasteiger partial charge in [0.05, 0.1) is 31.0 Å². The van der Waals surface area contributed by atoms with E-state index in [0.29, 0.717) is 39.5 Å². The van der Waals surface area contributed by atoms with Crippen LogP contribution in [0.1, 0.15) is 279 Å². The van der Waals surface area contributed by atoms with E-state index in [-0.39, 0.29) is 35.9 Å². The molecule has 0 bridgehead atoms. The third-order valence-corrected chi connectivity index (χ3v) is 13.2. The predicted octanol–water partition coefficient (Wildman–Crippen LogP) is 15.7.